The predicted octanol–water partition coefficient (Wildman–Crippen LogP) is 3.13. The molecule has 0 bridgehead atoms. The normalized spacial score (nSPS) is 18.5. The lowest BCUT2D eigenvalue weighted by Gasteiger charge is -2.26. The molecule has 1 amide bonds. The Hall–Kier alpha value is -2.12. The van der Waals surface area contributed by atoms with E-state index in [4.69, 9.17) is 11.6 Å². The van der Waals surface area contributed by atoms with Gasteiger partial charge in [0.2, 0.25) is 0 Å². The second-order valence-electron chi connectivity index (χ2n) is 6.21. The van der Waals surface area contributed by atoms with Gasteiger partial charge in [0.25, 0.3) is 5.91 Å². The van der Waals surface area contributed by atoms with Crippen molar-refractivity contribution in [3.8, 4) is 0 Å². The van der Waals surface area contributed by atoms with E-state index in [0.29, 0.717) is 18.0 Å². The summed E-state index contributed by atoms with van der Waals surface area (Å²) >= 11 is 5.88. The van der Waals surface area contributed by atoms with E-state index in [1.54, 1.807) is 35.4 Å². The maximum absolute atomic E-state index is 12.8. The van der Waals surface area contributed by atoms with Crippen LogP contribution in [0.2, 0.25) is 5.02 Å². The van der Waals surface area contributed by atoms with Crippen LogP contribution in [0.5, 0.6) is 0 Å². The Kier molecular flexibility index (Phi) is 5.48. The summed E-state index contributed by atoms with van der Waals surface area (Å²) in [5.74, 6) is -0.100. The molecule has 1 unspecified atom stereocenters. The number of benzene rings is 1. The number of hydrogen-bond acceptors (Lipinski definition) is 5. The molecule has 2 heterocycles. The third-order valence-corrected chi connectivity index (χ3v) is 6.37. The molecule has 6 nitrogen and oxygen atoms in total. The minimum Gasteiger partial charge on any atom is -0.355 e. The van der Waals surface area contributed by atoms with Gasteiger partial charge in [0.05, 0.1) is 11.5 Å². The summed E-state index contributed by atoms with van der Waals surface area (Å²) in [5, 5.41) is 3.85. The Morgan fingerprint density at radius 2 is 2.00 bits per heavy atom. The minimum absolute atomic E-state index is 0.0231. The van der Waals surface area contributed by atoms with Gasteiger partial charge in [-0.15, -0.1) is 0 Å². The summed E-state index contributed by atoms with van der Waals surface area (Å²) in [5.41, 5.74) is 1.85. The second kappa shape index (κ2) is 7.63. The zero-order chi connectivity index (χ0) is 18.7. The molecule has 1 fully saturated rings. The minimum atomic E-state index is -3.06. The number of halogens is 1. The first-order chi connectivity index (χ1) is 12.4. The topological polar surface area (TPSA) is 79.4 Å². The van der Waals surface area contributed by atoms with Crippen molar-refractivity contribution in [1.82, 2.24) is 9.88 Å². The zero-order valence-electron chi connectivity index (χ0n) is 14.4. The Morgan fingerprint density at radius 3 is 2.62 bits per heavy atom. The van der Waals surface area contributed by atoms with Crippen molar-refractivity contribution >= 4 is 38.7 Å². The van der Waals surface area contributed by atoms with Crippen LogP contribution in [0.25, 0.3) is 0 Å². The molecule has 26 heavy (non-hydrogen) atoms. The van der Waals surface area contributed by atoms with Crippen LogP contribution in [0.4, 0.5) is 11.4 Å². The molecule has 3 rings (SSSR count). The summed E-state index contributed by atoms with van der Waals surface area (Å²) < 4.78 is 23.5. The van der Waals surface area contributed by atoms with Crippen molar-refractivity contribution in [1.29, 1.82) is 0 Å². The molecule has 1 aliphatic rings. The van der Waals surface area contributed by atoms with E-state index in [1.165, 1.54) is 0 Å². The van der Waals surface area contributed by atoms with Gasteiger partial charge in [-0.1, -0.05) is 11.6 Å². The van der Waals surface area contributed by atoms with Gasteiger partial charge in [0.1, 0.15) is 5.69 Å². The van der Waals surface area contributed by atoms with Gasteiger partial charge in [0, 0.05) is 35.2 Å². The maximum atomic E-state index is 12.8. The lowest BCUT2D eigenvalue weighted by Crippen LogP contribution is -2.41. The fraction of sp³-hybridized carbons (Fsp3) is 0.333. The SMILES string of the molecule is CCN(C(=O)c1cc(Nc2ccc(Cl)cc2)ccn1)C1CCS(=O)(=O)C1. The van der Waals surface area contributed by atoms with Crippen LogP contribution in [0, 0.1) is 0 Å². The predicted molar refractivity (Wildman–Crippen MR) is 103 cm³/mol. The highest BCUT2D eigenvalue weighted by Gasteiger charge is 2.34. The van der Waals surface area contributed by atoms with Crippen LogP contribution in [-0.2, 0) is 9.84 Å². The van der Waals surface area contributed by atoms with Gasteiger partial charge >= 0.3 is 0 Å². The molecule has 1 aliphatic heterocycles. The number of carbonyl (C=O) groups is 1. The molecule has 1 saturated heterocycles. The summed E-state index contributed by atoms with van der Waals surface area (Å²) in [6, 6.07) is 10.4. The van der Waals surface area contributed by atoms with Crippen molar-refractivity contribution in [2.45, 2.75) is 19.4 Å². The van der Waals surface area contributed by atoms with Gasteiger partial charge < -0.3 is 10.2 Å². The van der Waals surface area contributed by atoms with Crippen LogP contribution >= 0.6 is 11.6 Å². The zero-order valence-corrected chi connectivity index (χ0v) is 15.9. The first-order valence-electron chi connectivity index (χ1n) is 8.38. The van der Waals surface area contributed by atoms with E-state index in [0.717, 1.165) is 11.4 Å². The largest absolute Gasteiger partial charge is 0.355 e. The fourth-order valence-corrected chi connectivity index (χ4v) is 4.92. The van der Waals surface area contributed by atoms with Crippen LogP contribution < -0.4 is 5.32 Å². The van der Waals surface area contributed by atoms with E-state index < -0.39 is 9.84 Å². The van der Waals surface area contributed by atoms with Crippen molar-refractivity contribution < 1.29 is 13.2 Å². The quantitative estimate of drug-likeness (QED) is 0.844. The Labute approximate surface area is 158 Å². The molecule has 138 valence electrons. The van der Waals surface area contributed by atoms with Gasteiger partial charge in [-0.2, -0.15) is 0 Å². The lowest BCUT2D eigenvalue weighted by atomic mass is 10.2. The standard InChI is InChI=1S/C18H20ClN3O3S/c1-2-22(16-8-10-26(24,25)12-16)18(23)17-11-15(7-9-20-17)21-14-5-3-13(19)4-6-14/h3-7,9,11,16H,2,8,10,12H2,1H3,(H,20,21). The van der Waals surface area contributed by atoms with E-state index >= 15 is 0 Å². The Morgan fingerprint density at radius 1 is 1.27 bits per heavy atom. The van der Waals surface area contributed by atoms with E-state index in [2.05, 4.69) is 10.3 Å². The van der Waals surface area contributed by atoms with Crippen molar-refractivity contribution in [2.24, 2.45) is 0 Å². The maximum Gasteiger partial charge on any atom is 0.272 e. The highest BCUT2D eigenvalue weighted by atomic mass is 35.5. The summed E-state index contributed by atoms with van der Waals surface area (Å²) in [6.07, 6.45) is 2.04. The first kappa shape index (κ1) is 18.7. The van der Waals surface area contributed by atoms with Crippen molar-refractivity contribution in [3.63, 3.8) is 0 Å². The van der Waals surface area contributed by atoms with Crippen LogP contribution in [0.3, 0.4) is 0 Å². The molecule has 0 radical (unpaired) electrons. The van der Waals surface area contributed by atoms with Crippen LogP contribution in [0.1, 0.15) is 23.8 Å². The molecule has 1 N–H and O–H groups in total. The van der Waals surface area contributed by atoms with Gasteiger partial charge in [-0.05, 0) is 49.7 Å². The van der Waals surface area contributed by atoms with Gasteiger partial charge in [-0.25, -0.2) is 8.42 Å². The van der Waals surface area contributed by atoms with Crippen LogP contribution in [0.15, 0.2) is 42.6 Å². The van der Waals surface area contributed by atoms with Crippen LogP contribution in [-0.4, -0.2) is 48.3 Å². The number of amides is 1. The highest BCUT2D eigenvalue weighted by Crippen LogP contribution is 2.22. The Balaban J connectivity index is 1.77. The number of pyridine rings is 1. The monoisotopic (exact) mass is 393 g/mol. The van der Waals surface area contributed by atoms with Gasteiger partial charge in [-0.3, -0.25) is 9.78 Å². The third kappa shape index (κ3) is 4.34. The smallest absolute Gasteiger partial charge is 0.272 e. The molecule has 0 saturated carbocycles. The molecule has 0 aliphatic carbocycles. The molecule has 1 atom stereocenters. The number of nitrogens with one attached hydrogen (secondary N) is 1. The summed E-state index contributed by atoms with van der Waals surface area (Å²) in [6.45, 7) is 2.29. The molecule has 1 aromatic carbocycles. The number of sulfone groups is 1. The second-order valence-corrected chi connectivity index (χ2v) is 8.87. The number of rotatable bonds is 5. The van der Waals surface area contributed by atoms with E-state index in [1.807, 2.05) is 19.1 Å². The summed E-state index contributed by atoms with van der Waals surface area (Å²) in [4.78, 5) is 18.6. The molecule has 0 spiro atoms. The average Bonchev–Trinajstić information content (AvgIpc) is 2.97. The number of anilines is 2. The van der Waals surface area contributed by atoms with E-state index in [-0.39, 0.29) is 29.1 Å². The number of aromatic nitrogens is 1. The highest BCUT2D eigenvalue weighted by molar-refractivity contribution is 7.91. The number of hydrogen-bond donors (Lipinski definition) is 1. The summed E-state index contributed by atoms with van der Waals surface area (Å²) in [7, 11) is -3.06. The average molecular weight is 394 g/mol. The third-order valence-electron chi connectivity index (χ3n) is 4.36. The van der Waals surface area contributed by atoms with Crippen molar-refractivity contribution in [2.75, 3.05) is 23.4 Å². The van der Waals surface area contributed by atoms with Gasteiger partial charge in [0.15, 0.2) is 9.84 Å². The van der Waals surface area contributed by atoms with Crippen molar-refractivity contribution in [3.05, 3.63) is 53.3 Å². The first-order valence-corrected chi connectivity index (χ1v) is 10.6. The lowest BCUT2D eigenvalue weighted by molar-refractivity contribution is 0.0702. The molecular formula is C18H20ClN3O3S. The number of carbonyl (C=O) groups excluding carboxylic acids is 1. The fourth-order valence-electron chi connectivity index (χ4n) is 3.06. The van der Waals surface area contributed by atoms with E-state index in [9.17, 15) is 13.2 Å². The number of nitrogens with zero attached hydrogens (tertiary/aromatic N) is 2. The molecule has 1 aromatic heterocycles. The Bertz CT molecular complexity index is 900. The molecular weight excluding hydrogens is 374 g/mol. The molecule has 2 aromatic rings. The molecule has 8 heteroatoms.